The average molecular weight is 339 g/mol. The summed E-state index contributed by atoms with van der Waals surface area (Å²) in [4.78, 5) is 18.5. The Bertz CT molecular complexity index is 738. The topological polar surface area (TPSA) is 74.3 Å². The first-order valence-electron chi connectivity index (χ1n) is 6.44. The van der Waals surface area contributed by atoms with Gasteiger partial charge in [-0.15, -0.1) is 23.5 Å². The molecule has 0 aliphatic rings. The number of rotatable bonds is 5. The second-order valence-corrected chi connectivity index (χ2v) is 6.19. The molecule has 2 rings (SSSR count). The third-order valence-corrected chi connectivity index (χ3v) is 4.46. The molecule has 1 aromatic carbocycles. The molecule has 0 aliphatic heterocycles. The van der Waals surface area contributed by atoms with Gasteiger partial charge in [0.2, 0.25) is 0 Å². The van der Waals surface area contributed by atoms with Crippen molar-refractivity contribution in [2.24, 2.45) is 12.2 Å². The van der Waals surface area contributed by atoms with Crippen molar-refractivity contribution < 1.29 is 4.84 Å². The normalized spacial score (nSPS) is 11.7. The number of aryl methyl sites for hydroxylation is 1. The predicted octanol–water partition coefficient (Wildman–Crippen LogP) is 1.90. The van der Waals surface area contributed by atoms with Crippen molar-refractivity contribution in [2.45, 2.75) is 18.4 Å². The molecule has 0 atom stereocenters. The van der Waals surface area contributed by atoms with E-state index in [4.69, 9.17) is 4.84 Å². The van der Waals surface area contributed by atoms with Crippen molar-refractivity contribution in [2.75, 3.05) is 12.5 Å². The molecule has 7 nitrogen and oxygen atoms in total. The molecule has 2 aromatic rings. The van der Waals surface area contributed by atoms with E-state index in [1.165, 1.54) is 21.1 Å². The highest BCUT2D eigenvalue weighted by atomic mass is 32.2. The maximum absolute atomic E-state index is 12.1. The zero-order chi connectivity index (χ0) is 16.1. The van der Waals surface area contributed by atoms with Crippen LogP contribution in [0.2, 0.25) is 0 Å². The van der Waals surface area contributed by atoms with E-state index < -0.39 is 0 Å². The van der Waals surface area contributed by atoms with Gasteiger partial charge in [0.25, 0.3) is 0 Å². The standard InChI is InChI=1S/C13H17N5O2S2/c1-9(21-3)14-20-8-10-11(6-5-7-12(10)22-4)18-13(19)17(2)15-16-18/h5-7H,8H2,1-4H3. The number of tetrazole rings is 1. The molecule has 0 N–H and O–H groups in total. The molecular weight excluding hydrogens is 322 g/mol. The Hall–Kier alpha value is -1.74. The lowest BCUT2D eigenvalue weighted by atomic mass is 10.2. The van der Waals surface area contributed by atoms with E-state index in [1.807, 2.05) is 37.6 Å². The van der Waals surface area contributed by atoms with Crippen molar-refractivity contribution in [1.82, 2.24) is 19.8 Å². The molecule has 0 amide bonds. The quantitative estimate of drug-likeness (QED) is 0.358. The summed E-state index contributed by atoms with van der Waals surface area (Å²) in [5.74, 6) is 0. The second kappa shape index (κ2) is 7.50. The van der Waals surface area contributed by atoms with Gasteiger partial charge in [-0.2, -0.15) is 9.36 Å². The predicted molar refractivity (Wildman–Crippen MR) is 89.8 cm³/mol. The number of nitrogens with zero attached hydrogens (tertiary/aromatic N) is 5. The number of hydrogen-bond acceptors (Lipinski definition) is 7. The third-order valence-electron chi connectivity index (χ3n) is 2.98. The van der Waals surface area contributed by atoms with E-state index in [-0.39, 0.29) is 12.3 Å². The fraction of sp³-hybridized carbons (Fsp3) is 0.385. The van der Waals surface area contributed by atoms with Gasteiger partial charge < -0.3 is 4.84 Å². The van der Waals surface area contributed by atoms with Crippen molar-refractivity contribution in [3.63, 3.8) is 0 Å². The number of thioether (sulfide) groups is 2. The van der Waals surface area contributed by atoms with E-state index in [2.05, 4.69) is 15.6 Å². The Labute approximate surface area is 136 Å². The molecule has 0 unspecified atom stereocenters. The summed E-state index contributed by atoms with van der Waals surface area (Å²) in [6, 6.07) is 5.67. The highest BCUT2D eigenvalue weighted by Gasteiger charge is 2.14. The van der Waals surface area contributed by atoms with Crippen molar-refractivity contribution in [3.8, 4) is 5.69 Å². The van der Waals surface area contributed by atoms with Crippen LogP contribution in [0.4, 0.5) is 0 Å². The minimum Gasteiger partial charge on any atom is -0.390 e. The van der Waals surface area contributed by atoms with Crippen LogP contribution in [0.15, 0.2) is 33.0 Å². The highest BCUT2D eigenvalue weighted by molar-refractivity contribution is 8.13. The second-order valence-electron chi connectivity index (χ2n) is 4.34. The highest BCUT2D eigenvalue weighted by Crippen LogP contribution is 2.26. The third kappa shape index (κ3) is 3.53. The van der Waals surface area contributed by atoms with Crippen LogP contribution in [0.25, 0.3) is 5.69 Å². The fourth-order valence-electron chi connectivity index (χ4n) is 1.78. The van der Waals surface area contributed by atoms with Crippen molar-refractivity contribution in [3.05, 3.63) is 34.2 Å². The van der Waals surface area contributed by atoms with Crippen LogP contribution in [0.5, 0.6) is 0 Å². The lowest BCUT2D eigenvalue weighted by Crippen LogP contribution is -2.23. The van der Waals surface area contributed by atoms with E-state index >= 15 is 0 Å². The van der Waals surface area contributed by atoms with Crippen molar-refractivity contribution in [1.29, 1.82) is 0 Å². The minimum atomic E-state index is -0.303. The molecular formula is C13H17N5O2S2. The van der Waals surface area contributed by atoms with Gasteiger partial charge in [0.15, 0.2) is 0 Å². The molecule has 9 heteroatoms. The SMILES string of the molecule is CSC(C)=NOCc1c(SC)cccc1-n1nnn(C)c1=O. The number of aromatic nitrogens is 4. The van der Waals surface area contributed by atoms with Crippen LogP contribution in [0.3, 0.4) is 0 Å². The molecule has 0 saturated carbocycles. The van der Waals surface area contributed by atoms with Gasteiger partial charge >= 0.3 is 5.69 Å². The lowest BCUT2D eigenvalue weighted by molar-refractivity contribution is 0.129. The van der Waals surface area contributed by atoms with Crippen LogP contribution in [0, 0.1) is 0 Å². The molecule has 0 fully saturated rings. The van der Waals surface area contributed by atoms with Gasteiger partial charge in [-0.1, -0.05) is 11.2 Å². The Morgan fingerprint density at radius 3 is 2.73 bits per heavy atom. The van der Waals surface area contributed by atoms with E-state index in [1.54, 1.807) is 18.8 Å². The van der Waals surface area contributed by atoms with Crippen LogP contribution in [-0.4, -0.2) is 37.3 Å². The Morgan fingerprint density at radius 2 is 2.14 bits per heavy atom. The Kier molecular flexibility index (Phi) is 5.67. The summed E-state index contributed by atoms with van der Waals surface area (Å²) >= 11 is 3.09. The number of benzene rings is 1. The molecule has 0 spiro atoms. The monoisotopic (exact) mass is 339 g/mol. The number of oxime groups is 1. The zero-order valence-corrected chi connectivity index (χ0v) is 14.4. The van der Waals surface area contributed by atoms with Crippen molar-refractivity contribution >= 4 is 28.6 Å². The van der Waals surface area contributed by atoms with Gasteiger partial charge in [-0.05, 0) is 42.0 Å². The summed E-state index contributed by atoms with van der Waals surface area (Å²) in [5, 5.41) is 12.5. The average Bonchev–Trinajstić information content (AvgIpc) is 2.86. The molecule has 0 radical (unpaired) electrons. The number of hydrogen-bond donors (Lipinski definition) is 0. The van der Waals surface area contributed by atoms with Gasteiger partial charge in [0.1, 0.15) is 11.7 Å². The lowest BCUT2D eigenvalue weighted by Gasteiger charge is -2.11. The van der Waals surface area contributed by atoms with Gasteiger partial charge in [-0.25, -0.2) is 4.79 Å². The Balaban J connectivity index is 2.42. The smallest absolute Gasteiger partial charge is 0.368 e. The zero-order valence-electron chi connectivity index (χ0n) is 12.8. The molecule has 0 saturated heterocycles. The Morgan fingerprint density at radius 1 is 1.36 bits per heavy atom. The van der Waals surface area contributed by atoms with Crippen LogP contribution in [0.1, 0.15) is 12.5 Å². The first-order chi connectivity index (χ1) is 10.6. The van der Waals surface area contributed by atoms with E-state index in [9.17, 15) is 4.79 Å². The largest absolute Gasteiger partial charge is 0.390 e. The minimum absolute atomic E-state index is 0.257. The van der Waals surface area contributed by atoms with Gasteiger partial charge in [0, 0.05) is 17.5 Å². The van der Waals surface area contributed by atoms with Crippen LogP contribution >= 0.6 is 23.5 Å². The maximum Gasteiger partial charge on any atom is 0.368 e. The summed E-state index contributed by atoms with van der Waals surface area (Å²) < 4.78 is 2.45. The first kappa shape index (κ1) is 16.6. The summed E-state index contributed by atoms with van der Waals surface area (Å²) in [7, 11) is 1.56. The molecule has 0 aliphatic carbocycles. The molecule has 0 bridgehead atoms. The molecule has 118 valence electrons. The summed E-state index contributed by atoms with van der Waals surface area (Å²) in [6.07, 6.45) is 3.90. The molecule has 1 heterocycles. The van der Waals surface area contributed by atoms with Crippen LogP contribution in [-0.2, 0) is 18.5 Å². The van der Waals surface area contributed by atoms with Gasteiger partial charge in [-0.3, -0.25) is 0 Å². The maximum atomic E-state index is 12.1. The molecule has 22 heavy (non-hydrogen) atoms. The van der Waals surface area contributed by atoms with E-state index in [0.717, 1.165) is 15.5 Å². The summed E-state index contributed by atoms with van der Waals surface area (Å²) in [6.45, 7) is 2.13. The fourth-order valence-corrected chi connectivity index (χ4v) is 2.53. The molecule has 1 aromatic heterocycles. The first-order valence-corrected chi connectivity index (χ1v) is 8.89. The van der Waals surface area contributed by atoms with Crippen LogP contribution < -0.4 is 5.69 Å². The van der Waals surface area contributed by atoms with Gasteiger partial charge in [0.05, 0.1) is 5.69 Å². The summed E-state index contributed by atoms with van der Waals surface area (Å²) in [5.41, 5.74) is 1.21. The van der Waals surface area contributed by atoms with E-state index in [0.29, 0.717) is 5.69 Å².